The Bertz CT molecular complexity index is 523. The van der Waals surface area contributed by atoms with Crippen LogP contribution in [0.5, 0.6) is 11.5 Å². The first-order chi connectivity index (χ1) is 10.7. The summed E-state index contributed by atoms with van der Waals surface area (Å²) < 4.78 is 16.4. The molecule has 0 saturated carbocycles. The molecule has 0 amide bonds. The zero-order chi connectivity index (χ0) is 15.8. The summed E-state index contributed by atoms with van der Waals surface area (Å²) in [5.74, 6) is 0.267. The van der Waals surface area contributed by atoms with Crippen molar-refractivity contribution in [2.75, 3.05) is 46.6 Å². The molecule has 0 unspecified atom stereocenters. The fourth-order valence-electron chi connectivity index (χ4n) is 2.19. The lowest BCUT2D eigenvalue weighted by Gasteiger charge is -2.26. The average molecular weight is 307 g/mol. The lowest BCUT2D eigenvalue weighted by Crippen LogP contribution is -2.38. The second kappa shape index (κ2) is 8.41. The van der Waals surface area contributed by atoms with Crippen LogP contribution >= 0.6 is 0 Å². The number of carbonyl (C=O) groups is 1. The third-order valence-corrected chi connectivity index (χ3v) is 3.37. The molecule has 1 heterocycles. The van der Waals surface area contributed by atoms with E-state index in [0.29, 0.717) is 18.1 Å². The molecule has 0 bridgehead atoms. The van der Waals surface area contributed by atoms with E-state index in [1.165, 1.54) is 6.08 Å². The first-order valence-electron chi connectivity index (χ1n) is 7.21. The molecule has 0 aromatic heterocycles. The van der Waals surface area contributed by atoms with Crippen LogP contribution in [0.25, 0.3) is 6.08 Å². The number of benzene rings is 1. The van der Waals surface area contributed by atoms with E-state index in [0.717, 1.165) is 44.5 Å². The highest BCUT2D eigenvalue weighted by atomic mass is 16.5. The van der Waals surface area contributed by atoms with Crippen LogP contribution in [0.15, 0.2) is 24.3 Å². The number of methoxy groups -OCH3 is 1. The van der Waals surface area contributed by atoms with Gasteiger partial charge < -0.3 is 19.3 Å². The number of carboxylic acid groups (broad SMARTS) is 1. The van der Waals surface area contributed by atoms with E-state index in [1.807, 2.05) is 0 Å². The molecule has 6 heteroatoms. The minimum Gasteiger partial charge on any atom is -0.493 e. The van der Waals surface area contributed by atoms with Crippen molar-refractivity contribution in [1.82, 2.24) is 4.90 Å². The van der Waals surface area contributed by atoms with E-state index in [2.05, 4.69) is 4.90 Å². The maximum atomic E-state index is 10.6. The van der Waals surface area contributed by atoms with Crippen molar-refractivity contribution in [1.29, 1.82) is 0 Å². The first-order valence-corrected chi connectivity index (χ1v) is 7.21. The predicted octanol–water partition coefficient (Wildman–Crippen LogP) is 1.50. The third-order valence-electron chi connectivity index (χ3n) is 3.37. The lowest BCUT2D eigenvalue weighted by atomic mass is 10.2. The van der Waals surface area contributed by atoms with Crippen LogP contribution in [0.1, 0.15) is 5.56 Å². The molecule has 22 heavy (non-hydrogen) atoms. The van der Waals surface area contributed by atoms with Crippen molar-refractivity contribution in [3.8, 4) is 11.5 Å². The molecular weight excluding hydrogens is 286 g/mol. The Morgan fingerprint density at radius 3 is 2.82 bits per heavy atom. The summed E-state index contributed by atoms with van der Waals surface area (Å²) in [7, 11) is 1.58. The number of aliphatic carboxylic acids is 1. The molecule has 0 radical (unpaired) electrons. The molecule has 1 aromatic rings. The molecule has 1 N–H and O–H groups in total. The largest absolute Gasteiger partial charge is 0.493 e. The third kappa shape index (κ3) is 5.05. The van der Waals surface area contributed by atoms with E-state index >= 15 is 0 Å². The molecule has 6 nitrogen and oxygen atoms in total. The molecule has 120 valence electrons. The van der Waals surface area contributed by atoms with Gasteiger partial charge in [-0.05, 0) is 23.8 Å². The highest BCUT2D eigenvalue weighted by molar-refractivity contribution is 5.85. The van der Waals surface area contributed by atoms with Crippen molar-refractivity contribution in [2.24, 2.45) is 0 Å². The van der Waals surface area contributed by atoms with Crippen LogP contribution in [0.2, 0.25) is 0 Å². The second-order valence-corrected chi connectivity index (χ2v) is 4.88. The first kappa shape index (κ1) is 16.3. The number of carboxylic acids is 1. The van der Waals surface area contributed by atoms with Gasteiger partial charge in [0.05, 0.1) is 20.3 Å². The minimum absolute atomic E-state index is 0.544. The molecule has 1 fully saturated rings. The lowest BCUT2D eigenvalue weighted by molar-refractivity contribution is -0.131. The molecule has 0 aliphatic carbocycles. The van der Waals surface area contributed by atoms with Crippen LogP contribution in [0.3, 0.4) is 0 Å². The quantitative estimate of drug-likeness (QED) is 0.770. The fourth-order valence-corrected chi connectivity index (χ4v) is 2.19. The Hall–Kier alpha value is -2.05. The van der Waals surface area contributed by atoms with Crippen LogP contribution in [-0.2, 0) is 9.53 Å². The zero-order valence-electron chi connectivity index (χ0n) is 12.7. The summed E-state index contributed by atoms with van der Waals surface area (Å²) in [6.45, 7) is 4.73. The van der Waals surface area contributed by atoms with E-state index in [1.54, 1.807) is 25.3 Å². The van der Waals surface area contributed by atoms with Gasteiger partial charge in [-0.15, -0.1) is 0 Å². The standard InChI is InChI=1S/C16H21NO5/c1-20-14-4-2-13(3-5-16(18)19)12-15(14)22-11-8-17-6-9-21-10-7-17/h2-5,12H,6-11H2,1H3,(H,18,19)/b5-3+. The van der Waals surface area contributed by atoms with Crippen LogP contribution in [0.4, 0.5) is 0 Å². The van der Waals surface area contributed by atoms with Gasteiger partial charge in [-0.25, -0.2) is 4.79 Å². The normalized spacial score (nSPS) is 15.9. The van der Waals surface area contributed by atoms with Gasteiger partial charge in [0, 0.05) is 25.7 Å². The van der Waals surface area contributed by atoms with Gasteiger partial charge in [-0.1, -0.05) is 6.07 Å². The van der Waals surface area contributed by atoms with Gasteiger partial charge in [0.2, 0.25) is 0 Å². The van der Waals surface area contributed by atoms with Crippen molar-refractivity contribution in [2.45, 2.75) is 0 Å². The number of morpholine rings is 1. The van der Waals surface area contributed by atoms with Crippen molar-refractivity contribution >= 4 is 12.0 Å². The fraction of sp³-hybridized carbons (Fsp3) is 0.438. The SMILES string of the molecule is COc1ccc(/C=C/C(=O)O)cc1OCCN1CCOCC1. The maximum Gasteiger partial charge on any atom is 0.328 e. The zero-order valence-corrected chi connectivity index (χ0v) is 12.7. The number of nitrogens with zero attached hydrogens (tertiary/aromatic N) is 1. The molecular formula is C16H21NO5. The van der Waals surface area contributed by atoms with E-state index in [4.69, 9.17) is 19.3 Å². The molecule has 1 aliphatic rings. The molecule has 2 rings (SSSR count). The smallest absolute Gasteiger partial charge is 0.328 e. The second-order valence-electron chi connectivity index (χ2n) is 4.88. The van der Waals surface area contributed by atoms with E-state index in [-0.39, 0.29) is 0 Å². The summed E-state index contributed by atoms with van der Waals surface area (Å²) in [6, 6.07) is 5.33. The summed E-state index contributed by atoms with van der Waals surface area (Å²) >= 11 is 0. The van der Waals surface area contributed by atoms with Crippen molar-refractivity contribution < 1.29 is 24.1 Å². The Labute approximate surface area is 129 Å². The number of hydrogen-bond acceptors (Lipinski definition) is 5. The van der Waals surface area contributed by atoms with Gasteiger partial charge >= 0.3 is 5.97 Å². The minimum atomic E-state index is -0.981. The summed E-state index contributed by atoms with van der Waals surface area (Å²) in [4.78, 5) is 12.9. The Morgan fingerprint density at radius 2 is 2.14 bits per heavy atom. The van der Waals surface area contributed by atoms with Crippen molar-refractivity contribution in [3.05, 3.63) is 29.8 Å². The van der Waals surface area contributed by atoms with Crippen LogP contribution in [0, 0.1) is 0 Å². The number of hydrogen-bond donors (Lipinski definition) is 1. The van der Waals surface area contributed by atoms with Gasteiger partial charge in [-0.3, -0.25) is 4.90 Å². The molecule has 0 spiro atoms. The van der Waals surface area contributed by atoms with Gasteiger partial charge in [0.1, 0.15) is 6.61 Å². The highest BCUT2D eigenvalue weighted by Gasteiger charge is 2.11. The van der Waals surface area contributed by atoms with E-state index < -0.39 is 5.97 Å². The topological polar surface area (TPSA) is 68.2 Å². The number of rotatable bonds is 7. The predicted molar refractivity (Wildman–Crippen MR) is 82.4 cm³/mol. The summed E-state index contributed by atoms with van der Waals surface area (Å²) in [5.41, 5.74) is 0.754. The van der Waals surface area contributed by atoms with E-state index in [9.17, 15) is 4.79 Å². The van der Waals surface area contributed by atoms with Gasteiger partial charge in [0.25, 0.3) is 0 Å². The number of ether oxygens (including phenoxy) is 3. The summed E-state index contributed by atoms with van der Waals surface area (Å²) in [6.07, 6.45) is 2.62. The Morgan fingerprint density at radius 1 is 1.36 bits per heavy atom. The van der Waals surface area contributed by atoms with Crippen LogP contribution < -0.4 is 9.47 Å². The van der Waals surface area contributed by atoms with Crippen LogP contribution in [-0.4, -0.2) is 62.5 Å². The maximum absolute atomic E-state index is 10.6. The molecule has 1 aromatic carbocycles. The molecule has 1 aliphatic heterocycles. The van der Waals surface area contributed by atoms with Gasteiger partial charge in [-0.2, -0.15) is 0 Å². The van der Waals surface area contributed by atoms with Crippen molar-refractivity contribution in [3.63, 3.8) is 0 Å². The monoisotopic (exact) mass is 307 g/mol. The Kier molecular flexibility index (Phi) is 6.24. The molecule has 1 saturated heterocycles. The van der Waals surface area contributed by atoms with Gasteiger partial charge in [0.15, 0.2) is 11.5 Å². The highest BCUT2D eigenvalue weighted by Crippen LogP contribution is 2.28. The Balaban J connectivity index is 1.94. The molecule has 0 atom stereocenters. The average Bonchev–Trinajstić information content (AvgIpc) is 2.54. The summed E-state index contributed by atoms with van der Waals surface area (Å²) in [5, 5.41) is 8.67.